The second kappa shape index (κ2) is 8.50. The summed E-state index contributed by atoms with van der Waals surface area (Å²) in [6.07, 6.45) is 2.50. The number of fused-ring (bicyclic) bond motifs is 5. The molecule has 0 radical (unpaired) electrons. The van der Waals surface area contributed by atoms with E-state index in [0.29, 0.717) is 29.6 Å². The molecule has 1 aliphatic heterocycles. The van der Waals surface area contributed by atoms with E-state index in [-0.39, 0.29) is 10.9 Å². The number of rotatable bonds is 2. The predicted octanol–water partition coefficient (Wildman–Crippen LogP) is 7.29. The number of nitrogens with zero attached hydrogens (tertiary/aromatic N) is 1. The van der Waals surface area contributed by atoms with Crippen LogP contribution in [0, 0.1) is 34.5 Å². The Morgan fingerprint density at radius 3 is 2.58 bits per heavy atom. The van der Waals surface area contributed by atoms with Crippen LogP contribution in [0.1, 0.15) is 71.3 Å². The quantitative estimate of drug-likeness (QED) is 0.414. The number of piperidine rings is 1. The molecular weight excluding hydrogens is 489 g/mol. The van der Waals surface area contributed by atoms with Gasteiger partial charge in [0.15, 0.2) is 0 Å². The van der Waals surface area contributed by atoms with Gasteiger partial charge < -0.3 is 10.2 Å². The zero-order chi connectivity index (χ0) is 26.2. The van der Waals surface area contributed by atoms with Crippen LogP contribution in [0.15, 0.2) is 29.5 Å². The number of allylic oxidation sites excluding steroid dienone is 2. The lowest BCUT2D eigenvalue weighted by atomic mass is 9.48. The molecule has 0 aromatic heterocycles. The molecule has 0 bridgehead atoms. The van der Waals surface area contributed by atoms with Crippen LogP contribution in [0.25, 0.3) is 0 Å². The first-order chi connectivity index (χ1) is 16.8. The number of anilines is 1. The largest absolute Gasteiger partial charge is 0.418 e. The molecule has 1 saturated heterocycles. The Morgan fingerprint density at radius 1 is 1.17 bits per heavy atom. The van der Waals surface area contributed by atoms with Crippen molar-refractivity contribution in [3.8, 4) is 0 Å². The van der Waals surface area contributed by atoms with Gasteiger partial charge in [-0.1, -0.05) is 43.5 Å². The van der Waals surface area contributed by atoms with Gasteiger partial charge in [-0.15, -0.1) is 0 Å². The first kappa shape index (κ1) is 25.6. The van der Waals surface area contributed by atoms with Crippen molar-refractivity contribution >= 4 is 29.1 Å². The highest BCUT2D eigenvalue weighted by Gasteiger charge is 2.60. The zero-order valence-electron chi connectivity index (χ0n) is 21.3. The van der Waals surface area contributed by atoms with Gasteiger partial charge in [0.2, 0.25) is 11.8 Å². The van der Waals surface area contributed by atoms with Crippen LogP contribution >= 0.6 is 11.6 Å². The maximum absolute atomic E-state index is 13.6. The molecule has 4 nitrogen and oxygen atoms in total. The van der Waals surface area contributed by atoms with Crippen molar-refractivity contribution in [2.24, 2.45) is 34.5 Å². The Labute approximate surface area is 215 Å². The third-order valence-corrected chi connectivity index (χ3v) is 10.3. The Morgan fingerprint density at radius 2 is 1.89 bits per heavy atom. The molecule has 2 amide bonds. The van der Waals surface area contributed by atoms with Gasteiger partial charge in [0.25, 0.3) is 0 Å². The van der Waals surface area contributed by atoms with Gasteiger partial charge in [-0.3, -0.25) is 9.59 Å². The van der Waals surface area contributed by atoms with Gasteiger partial charge >= 0.3 is 6.18 Å². The number of carbonyl (C=O) groups is 2. The maximum Gasteiger partial charge on any atom is 0.418 e. The molecule has 3 fully saturated rings. The van der Waals surface area contributed by atoms with Crippen molar-refractivity contribution in [2.45, 2.75) is 71.9 Å². The number of amides is 2. The standard InChI is InChI=1S/C28H34ClF3N2O2/c1-15-13-16-18-8-6-11-26(18,2)12-10-19(16)27(3)14-17(25(36)34(4)23(15)27)24(35)33-22-20(28(30,31)32)7-5-9-21(22)29/h5,7,9,16-19H,6,8,10-14H2,1-4H3,(H,33,35)/t16-,17?,18-,19+,26-,27+/m0/s1. The molecule has 6 atom stereocenters. The highest BCUT2D eigenvalue weighted by molar-refractivity contribution is 6.34. The van der Waals surface area contributed by atoms with Crippen LogP contribution in [-0.2, 0) is 15.8 Å². The van der Waals surface area contributed by atoms with Gasteiger partial charge in [-0.2, -0.15) is 13.2 Å². The van der Waals surface area contributed by atoms with Crippen molar-refractivity contribution < 1.29 is 22.8 Å². The van der Waals surface area contributed by atoms with Gasteiger partial charge in [0.05, 0.1) is 16.3 Å². The van der Waals surface area contributed by atoms with Gasteiger partial charge in [-0.25, -0.2) is 0 Å². The number of para-hydroxylation sites is 1. The Balaban J connectivity index is 1.49. The maximum atomic E-state index is 13.6. The Hall–Kier alpha value is -2.02. The van der Waals surface area contributed by atoms with Gasteiger partial charge in [-0.05, 0) is 80.8 Å². The van der Waals surface area contributed by atoms with E-state index in [0.717, 1.165) is 31.0 Å². The molecule has 3 aliphatic carbocycles. The SMILES string of the molecule is CC1=C2N(C)C(=O)C(C(=O)Nc3c(Cl)cccc3C(F)(F)F)C[C@]2(C)[C@@H]2CC[C@]3(C)CCC[C@H]3[C@@H]2C1. The highest BCUT2D eigenvalue weighted by atomic mass is 35.5. The van der Waals surface area contributed by atoms with E-state index in [9.17, 15) is 22.8 Å². The molecule has 36 heavy (non-hydrogen) atoms. The van der Waals surface area contributed by atoms with Crippen LogP contribution in [0.5, 0.6) is 0 Å². The fourth-order valence-electron chi connectivity index (χ4n) is 8.54. The molecule has 1 unspecified atom stereocenters. The van der Waals surface area contributed by atoms with Crippen molar-refractivity contribution in [1.29, 1.82) is 0 Å². The van der Waals surface area contributed by atoms with Crippen molar-refractivity contribution in [2.75, 3.05) is 12.4 Å². The predicted molar refractivity (Wildman–Crippen MR) is 133 cm³/mol. The van der Waals surface area contributed by atoms with E-state index < -0.39 is 34.7 Å². The monoisotopic (exact) mass is 522 g/mol. The van der Waals surface area contributed by atoms with Crippen LogP contribution in [0.3, 0.4) is 0 Å². The summed E-state index contributed by atoms with van der Waals surface area (Å²) in [5, 5.41) is 2.19. The number of nitrogens with one attached hydrogen (secondary N) is 1. The molecule has 1 aromatic carbocycles. The van der Waals surface area contributed by atoms with E-state index in [4.69, 9.17) is 11.6 Å². The van der Waals surface area contributed by atoms with Crippen LogP contribution in [-0.4, -0.2) is 23.8 Å². The van der Waals surface area contributed by atoms with E-state index in [1.807, 2.05) is 0 Å². The summed E-state index contributed by atoms with van der Waals surface area (Å²) in [4.78, 5) is 28.5. The number of hydrogen-bond acceptors (Lipinski definition) is 2. The highest BCUT2D eigenvalue weighted by Crippen LogP contribution is 2.66. The summed E-state index contributed by atoms with van der Waals surface area (Å²) in [7, 11) is 1.71. The molecule has 1 N–H and O–H groups in total. The molecule has 1 heterocycles. The van der Waals surface area contributed by atoms with Crippen LogP contribution in [0.2, 0.25) is 5.02 Å². The molecule has 196 valence electrons. The topological polar surface area (TPSA) is 49.4 Å². The molecule has 4 aliphatic rings. The minimum absolute atomic E-state index is 0.206. The summed E-state index contributed by atoms with van der Waals surface area (Å²) in [6, 6.07) is 3.39. The number of halogens is 4. The number of alkyl halides is 3. The third kappa shape index (κ3) is 3.79. The van der Waals surface area contributed by atoms with Gasteiger partial charge in [0, 0.05) is 18.2 Å². The minimum Gasteiger partial charge on any atom is -0.324 e. The molecule has 5 rings (SSSR count). The number of likely N-dealkylation sites (tertiary alicyclic amines) is 1. The summed E-state index contributed by atoms with van der Waals surface area (Å²) >= 11 is 6.08. The normalized spacial score (nSPS) is 36.3. The lowest BCUT2D eigenvalue weighted by Crippen LogP contribution is -2.57. The van der Waals surface area contributed by atoms with Crippen LogP contribution < -0.4 is 5.32 Å². The van der Waals surface area contributed by atoms with E-state index >= 15 is 0 Å². The average Bonchev–Trinajstić information content (AvgIpc) is 3.19. The number of hydrogen-bond donors (Lipinski definition) is 1. The Bertz CT molecular complexity index is 1150. The van der Waals surface area contributed by atoms with Crippen molar-refractivity contribution in [3.63, 3.8) is 0 Å². The summed E-state index contributed by atoms with van der Waals surface area (Å²) in [5.74, 6) is -0.705. The van der Waals surface area contributed by atoms with Gasteiger partial charge in [0.1, 0.15) is 5.92 Å². The van der Waals surface area contributed by atoms with Crippen molar-refractivity contribution in [3.05, 3.63) is 40.1 Å². The number of carbonyl (C=O) groups excluding carboxylic acids is 2. The second-order valence-corrected chi connectivity index (χ2v) is 12.4. The first-order valence-corrected chi connectivity index (χ1v) is 13.3. The summed E-state index contributed by atoms with van der Waals surface area (Å²) in [5.41, 5.74) is 0.669. The third-order valence-electron chi connectivity index (χ3n) is 10.00. The smallest absolute Gasteiger partial charge is 0.324 e. The minimum atomic E-state index is -4.69. The van der Waals surface area contributed by atoms with E-state index in [1.165, 1.54) is 37.0 Å². The van der Waals surface area contributed by atoms with Crippen molar-refractivity contribution in [1.82, 2.24) is 4.90 Å². The van der Waals surface area contributed by atoms with E-state index in [2.05, 4.69) is 26.1 Å². The molecule has 0 spiro atoms. The second-order valence-electron chi connectivity index (χ2n) is 12.0. The fourth-order valence-corrected chi connectivity index (χ4v) is 8.77. The van der Waals surface area contributed by atoms with E-state index in [1.54, 1.807) is 11.9 Å². The van der Waals surface area contributed by atoms with Crippen LogP contribution in [0.4, 0.5) is 18.9 Å². The Kier molecular flexibility index (Phi) is 6.05. The molecule has 2 saturated carbocycles. The summed E-state index contributed by atoms with van der Waals surface area (Å²) in [6.45, 7) is 6.70. The lowest BCUT2D eigenvalue weighted by Gasteiger charge is -2.59. The molecule has 8 heteroatoms. The molecule has 1 aromatic rings. The lowest BCUT2D eigenvalue weighted by molar-refractivity contribution is -0.147. The zero-order valence-corrected chi connectivity index (χ0v) is 22.0. The summed E-state index contributed by atoms with van der Waals surface area (Å²) < 4.78 is 40.9. The first-order valence-electron chi connectivity index (χ1n) is 12.9. The number of benzene rings is 1. The molecular formula is C28H34ClF3N2O2. The average molecular weight is 523 g/mol. The fraction of sp³-hybridized carbons (Fsp3) is 0.643.